The smallest absolute Gasteiger partial charge is 0.313 e. The highest BCUT2D eigenvalue weighted by molar-refractivity contribution is 5.76. The van der Waals surface area contributed by atoms with Crippen molar-refractivity contribution in [3.63, 3.8) is 0 Å². The van der Waals surface area contributed by atoms with Gasteiger partial charge in [-0.1, -0.05) is 0 Å². The van der Waals surface area contributed by atoms with Crippen molar-refractivity contribution < 1.29 is 23.8 Å². The quantitative estimate of drug-likeness (QED) is 0.885. The second-order valence-corrected chi connectivity index (χ2v) is 5.71. The Morgan fingerprint density at radius 3 is 2.90 bits per heavy atom. The molecule has 3 rings (SSSR count). The van der Waals surface area contributed by atoms with Crippen molar-refractivity contribution in [2.45, 2.75) is 0 Å². The van der Waals surface area contributed by atoms with Gasteiger partial charge >= 0.3 is 5.97 Å². The summed E-state index contributed by atoms with van der Waals surface area (Å²) < 4.78 is 23.7. The van der Waals surface area contributed by atoms with E-state index in [2.05, 4.69) is 4.90 Å². The lowest BCUT2D eigenvalue weighted by Crippen LogP contribution is -2.39. The molecule has 2 heterocycles. The predicted octanol–water partition coefficient (Wildman–Crippen LogP) is 1.24. The molecule has 1 aromatic rings. The molecule has 0 unspecified atom stereocenters. The van der Waals surface area contributed by atoms with Gasteiger partial charge in [-0.25, -0.2) is 4.39 Å². The van der Waals surface area contributed by atoms with E-state index in [0.29, 0.717) is 38.7 Å². The molecule has 2 atom stereocenters. The maximum atomic E-state index is 12.8. The Balaban J connectivity index is 1.51. The summed E-state index contributed by atoms with van der Waals surface area (Å²) in [4.78, 5) is 13.6. The van der Waals surface area contributed by atoms with Gasteiger partial charge in [-0.05, 0) is 24.3 Å². The minimum atomic E-state index is -0.771. The summed E-state index contributed by atoms with van der Waals surface area (Å²) in [5, 5.41) is 9.45. The number of halogens is 1. The van der Waals surface area contributed by atoms with Crippen LogP contribution >= 0.6 is 0 Å². The third-order valence-corrected chi connectivity index (χ3v) is 4.36. The van der Waals surface area contributed by atoms with Crippen LogP contribution in [0.3, 0.4) is 0 Å². The van der Waals surface area contributed by atoms with Crippen molar-refractivity contribution in [2.24, 2.45) is 11.3 Å². The molecule has 5 nitrogen and oxygen atoms in total. The van der Waals surface area contributed by atoms with Crippen molar-refractivity contribution in [1.82, 2.24) is 4.90 Å². The number of aliphatic carboxylic acids is 1. The fourth-order valence-corrected chi connectivity index (χ4v) is 3.14. The van der Waals surface area contributed by atoms with Crippen LogP contribution in [0.5, 0.6) is 5.75 Å². The summed E-state index contributed by atoms with van der Waals surface area (Å²) in [5.74, 6) is -0.391. The van der Waals surface area contributed by atoms with Gasteiger partial charge in [-0.2, -0.15) is 0 Å². The Labute approximate surface area is 122 Å². The van der Waals surface area contributed by atoms with Gasteiger partial charge in [0.2, 0.25) is 0 Å². The maximum Gasteiger partial charge on any atom is 0.313 e. The van der Waals surface area contributed by atoms with Crippen LogP contribution in [0.4, 0.5) is 4.39 Å². The van der Waals surface area contributed by atoms with Crippen molar-refractivity contribution >= 4 is 5.97 Å². The number of nitrogens with zero attached hydrogens (tertiary/aromatic N) is 1. The van der Waals surface area contributed by atoms with E-state index < -0.39 is 11.4 Å². The van der Waals surface area contributed by atoms with Crippen LogP contribution in [0.1, 0.15) is 0 Å². The van der Waals surface area contributed by atoms with Crippen molar-refractivity contribution in [3.8, 4) is 5.75 Å². The minimum Gasteiger partial charge on any atom is -0.492 e. The van der Waals surface area contributed by atoms with E-state index in [1.54, 1.807) is 12.1 Å². The molecule has 0 spiro atoms. The first-order valence-electron chi connectivity index (χ1n) is 7.02. The zero-order chi connectivity index (χ0) is 14.9. The molecule has 2 saturated heterocycles. The molecule has 2 aliphatic heterocycles. The number of carboxylic acids is 1. The molecule has 21 heavy (non-hydrogen) atoms. The van der Waals surface area contributed by atoms with E-state index in [9.17, 15) is 14.3 Å². The normalized spacial score (nSPS) is 28.5. The summed E-state index contributed by atoms with van der Waals surface area (Å²) in [6, 6.07) is 5.87. The molecule has 0 amide bonds. The zero-order valence-electron chi connectivity index (χ0n) is 11.6. The van der Waals surface area contributed by atoms with Crippen LogP contribution < -0.4 is 4.74 Å². The molecule has 0 bridgehead atoms. The second-order valence-electron chi connectivity index (χ2n) is 5.71. The average molecular weight is 295 g/mol. The minimum absolute atomic E-state index is 0.0563. The molecular weight excluding hydrogens is 277 g/mol. The van der Waals surface area contributed by atoms with Gasteiger partial charge in [0.25, 0.3) is 0 Å². The van der Waals surface area contributed by atoms with E-state index >= 15 is 0 Å². The number of likely N-dealkylation sites (tertiary alicyclic amines) is 1. The molecule has 2 fully saturated rings. The molecule has 1 N–H and O–H groups in total. The van der Waals surface area contributed by atoms with Crippen LogP contribution in [0.25, 0.3) is 0 Å². The molecule has 0 radical (unpaired) electrons. The Morgan fingerprint density at radius 1 is 1.48 bits per heavy atom. The Bertz CT molecular complexity index is 521. The highest BCUT2D eigenvalue weighted by atomic mass is 19.1. The number of benzene rings is 1. The molecule has 6 heteroatoms. The van der Waals surface area contributed by atoms with Crippen molar-refractivity contribution in [2.75, 3.05) is 39.5 Å². The molecular formula is C15H18FNO4. The van der Waals surface area contributed by atoms with E-state index in [-0.39, 0.29) is 11.7 Å². The molecule has 0 aromatic heterocycles. The van der Waals surface area contributed by atoms with Crippen LogP contribution in [0, 0.1) is 17.2 Å². The first-order valence-corrected chi connectivity index (χ1v) is 7.02. The monoisotopic (exact) mass is 295 g/mol. The average Bonchev–Trinajstić information content (AvgIpc) is 2.98. The third kappa shape index (κ3) is 2.73. The number of carbonyl (C=O) groups is 1. The number of carboxylic acid groups (broad SMARTS) is 1. The van der Waals surface area contributed by atoms with E-state index in [1.165, 1.54) is 12.1 Å². The molecule has 1 aromatic carbocycles. The largest absolute Gasteiger partial charge is 0.492 e. The Morgan fingerprint density at radius 2 is 2.24 bits per heavy atom. The van der Waals surface area contributed by atoms with Crippen LogP contribution in [0.2, 0.25) is 0 Å². The van der Waals surface area contributed by atoms with Crippen LogP contribution in [-0.2, 0) is 9.53 Å². The predicted molar refractivity (Wildman–Crippen MR) is 72.7 cm³/mol. The van der Waals surface area contributed by atoms with Crippen LogP contribution in [-0.4, -0.2) is 55.4 Å². The fraction of sp³-hybridized carbons (Fsp3) is 0.533. The van der Waals surface area contributed by atoms with E-state index in [4.69, 9.17) is 9.47 Å². The third-order valence-electron chi connectivity index (χ3n) is 4.36. The summed E-state index contributed by atoms with van der Waals surface area (Å²) >= 11 is 0. The number of hydrogen-bond donors (Lipinski definition) is 1. The first kappa shape index (κ1) is 14.3. The van der Waals surface area contributed by atoms with Gasteiger partial charge in [0.15, 0.2) is 0 Å². The first-order chi connectivity index (χ1) is 10.1. The molecule has 114 valence electrons. The fourth-order valence-electron chi connectivity index (χ4n) is 3.14. The number of ether oxygens (including phenoxy) is 2. The summed E-state index contributed by atoms with van der Waals surface area (Å²) in [6.45, 7) is 3.14. The molecule has 0 saturated carbocycles. The maximum absolute atomic E-state index is 12.8. The summed E-state index contributed by atoms with van der Waals surface area (Å²) in [7, 11) is 0. The lowest BCUT2D eigenvalue weighted by molar-refractivity contribution is -0.149. The SMILES string of the molecule is O=C(O)[C@]12COC[C@H]1CN(CCOc1ccc(F)cc1)C2. The number of rotatable bonds is 5. The topological polar surface area (TPSA) is 59.0 Å². The number of fused-ring (bicyclic) bond motifs is 1. The second kappa shape index (κ2) is 5.61. The lowest BCUT2D eigenvalue weighted by Gasteiger charge is -2.22. The van der Waals surface area contributed by atoms with Gasteiger partial charge in [0.1, 0.15) is 23.6 Å². The van der Waals surface area contributed by atoms with Crippen molar-refractivity contribution in [1.29, 1.82) is 0 Å². The van der Waals surface area contributed by atoms with Gasteiger partial charge in [-0.15, -0.1) is 0 Å². The Hall–Kier alpha value is -1.66. The van der Waals surface area contributed by atoms with Gasteiger partial charge < -0.3 is 14.6 Å². The summed E-state index contributed by atoms with van der Waals surface area (Å²) in [6.07, 6.45) is 0. The van der Waals surface area contributed by atoms with Gasteiger partial charge in [0.05, 0.1) is 13.2 Å². The Kier molecular flexibility index (Phi) is 3.82. The molecule has 2 aliphatic rings. The van der Waals surface area contributed by atoms with Gasteiger partial charge in [0, 0.05) is 25.6 Å². The standard InChI is InChI=1S/C15H18FNO4/c16-12-1-3-13(4-2-12)21-6-5-17-7-11-8-20-10-15(11,9-17)14(18)19/h1-4,11H,5-10H2,(H,18,19)/t11-,15-/m1/s1. The highest BCUT2D eigenvalue weighted by Crippen LogP contribution is 2.41. The van der Waals surface area contributed by atoms with Crippen LogP contribution in [0.15, 0.2) is 24.3 Å². The van der Waals surface area contributed by atoms with Gasteiger partial charge in [-0.3, -0.25) is 9.69 Å². The van der Waals surface area contributed by atoms with E-state index in [0.717, 1.165) is 6.54 Å². The van der Waals surface area contributed by atoms with E-state index in [1.807, 2.05) is 0 Å². The molecule has 0 aliphatic carbocycles. The summed E-state index contributed by atoms with van der Waals surface area (Å²) in [5.41, 5.74) is -0.754. The number of hydrogen-bond acceptors (Lipinski definition) is 4. The zero-order valence-corrected chi connectivity index (χ0v) is 11.6. The lowest BCUT2D eigenvalue weighted by atomic mass is 9.81. The van der Waals surface area contributed by atoms with Crippen molar-refractivity contribution in [3.05, 3.63) is 30.1 Å². The highest BCUT2D eigenvalue weighted by Gasteiger charge is 2.55.